The Morgan fingerprint density at radius 2 is 2.00 bits per heavy atom. The first-order valence-electron chi connectivity index (χ1n) is 7.66. The molecule has 2 N–H and O–H groups in total. The zero-order chi connectivity index (χ0) is 15.2. The minimum Gasteiger partial charge on any atom is -0.481 e. The maximum atomic E-state index is 12.2. The van der Waals surface area contributed by atoms with Gasteiger partial charge < -0.3 is 20.1 Å². The van der Waals surface area contributed by atoms with Crippen molar-refractivity contribution in [1.82, 2.24) is 15.1 Å². The van der Waals surface area contributed by atoms with E-state index in [1.165, 1.54) is 0 Å². The summed E-state index contributed by atoms with van der Waals surface area (Å²) < 4.78 is 5.48. The summed E-state index contributed by atoms with van der Waals surface area (Å²) >= 11 is 0. The molecule has 2 atom stereocenters. The Morgan fingerprint density at radius 1 is 1.29 bits per heavy atom. The van der Waals surface area contributed by atoms with Gasteiger partial charge >= 0.3 is 12.0 Å². The van der Waals surface area contributed by atoms with Gasteiger partial charge in [-0.05, 0) is 19.8 Å². The maximum Gasteiger partial charge on any atom is 0.317 e. The fraction of sp³-hybridized carbons (Fsp3) is 0.857. The van der Waals surface area contributed by atoms with Gasteiger partial charge in [0.05, 0.1) is 12.5 Å². The molecule has 0 saturated carbocycles. The fourth-order valence-electron chi connectivity index (χ4n) is 2.82. The number of carbonyl (C=O) groups excluding carboxylic acids is 1. The highest BCUT2D eigenvalue weighted by Gasteiger charge is 2.25. The van der Waals surface area contributed by atoms with E-state index in [0.29, 0.717) is 26.2 Å². The number of urea groups is 1. The van der Waals surface area contributed by atoms with Gasteiger partial charge in [-0.1, -0.05) is 0 Å². The summed E-state index contributed by atoms with van der Waals surface area (Å²) in [5.41, 5.74) is 0. The molecule has 0 radical (unpaired) electrons. The molecule has 120 valence electrons. The first kappa shape index (κ1) is 16.0. The topological polar surface area (TPSA) is 82.1 Å². The molecule has 0 aliphatic carbocycles. The number of nitrogens with zero attached hydrogens (tertiary/aromatic N) is 2. The molecule has 2 rings (SSSR count). The van der Waals surface area contributed by atoms with Crippen LogP contribution in [0.25, 0.3) is 0 Å². The lowest BCUT2D eigenvalue weighted by Crippen LogP contribution is -2.54. The summed E-state index contributed by atoms with van der Waals surface area (Å²) in [5.74, 6) is -0.774. The second-order valence-electron chi connectivity index (χ2n) is 5.82. The van der Waals surface area contributed by atoms with Crippen LogP contribution in [0.4, 0.5) is 4.79 Å². The Bertz CT molecular complexity index is 369. The summed E-state index contributed by atoms with van der Waals surface area (Å²) in [6.07, 6.45) is 2.10. The lowest BCUT2D eigenvalue weighted by Gasteiger charge is -2.36. The number of amides is 2. The third kappa shape index (κ3) is 5.17. The lowest BCUT2D eigenvalue weighted by atomic mass is 10.0. The molecule has 2 aliphatic heterocycles. The molecule has 2 aliphatic rings. The van der Waals surface area contributed by atoms with Gasteiger partial charge in [-0.3, -0.25) is 9.69 Å². The molecule has 2 amide bonds. The molecule has 2 unspecified atom stereocenters. The summed E-state index contributed by atoms with van der Waals surface area (Å²) in [5, 5.41) is 11.8. The van der Waals surface area contributed by atoms with E-state index in [1.807, 2.05) is 11.8 Å². The van der Waals surface area contributed by atoms with E-state index >= 15 is 0 Å². The Kier molecular flexibility index (Phi) is 5.81. The molecule has 0 spiro atoms. The SMILES string of the molecule is CC1CC(NC(=O)N2CCN(CCC(=O)O)CC2)CCO1. The van der Waals surface area contributed by atoms with Crippen molar-refractivity contribution < 1.29 is 19.4 Å². The monoisotopic (exact) mass is 299 g/mol. The number of ether oxygens (including phenoxy) is 1. The highest BCUT2D eigenvalue weighted by Crippen LogP contribution is 2.14. The predicted octanol–water partition coefficient (Wildman–Crippen LogP) is 0.356. The smallest absolute Gasteiger partial charge is 0.317 e. The van der Waals surface area contributed by atoms with Gasteiger partial charge in [0.15, 0.2) is 0 Å². The van der Waals surface area contributed by atoms with Gasteiger partial charge in [-0.15, -0.1) is 0 Å². The standard InChI is InChI=1S/C14H25N3O4/c1-11-10-12(3-9-21-11)15-14(20)17-7-5-16(6-8-17)4-2-13(18)19/h11-12H,2-10H2,1H3,(H,15,20)(H,18,19). The highest BCUT2D eigenvalue weighted by atomic mass is 16.5. The van der Waals surface area contributed by atoms with Crippen LogP contribution in [0.5, 0.6) is 0 Å². The van der Waals surface area contributed by atoms with E-state index in [9.17, 15) is 9.59 Å². The van der Waals surface area contributed by atoms with E-state index in [-0.39, 0.29) is 24.6 Å². The maximum absolute atomic E-state index is 12.2. The minimum absolute atomic E-state index is 0.00742. The van der Waals surface area contributed by atoms with E-state index < -0.39 is 5.97 Å². The number of hydrogen-bond acceptors (Lipinski definition) is 4. The molecule has 2 saturated heterocycles. The van der Waals surface area contributed by atoms with Crippen LogP contribution in [0.1, 0.15) is 26.2 Å². The van der Waals surface area contributed by atoms with Gasteiger partial charge in [-0.2, -0.15) is 0 Å². The normalized spacial score (nSPS) is 27.4. The number of nitrogens with one attached hydrogen (secondary N) is 1. The van der Waals surface area contributed by atoms with Crippen molar-refractivity contribution in [2.75, 3.05) is 39.3 Å². The Morgan fingerprint density at radius 3 is 2.62 bits per heavy atom. The molecule has 0 aromatic heterocycles. The Labute approximate surface area is 125 Å². The quantitative estimate of drug-likeness (QED) is 0.783. The molecule has 7 heteroatoms. The molecule has 2 heterocycles. The first-order valence-corrected chi connectivity index (χ1v) is 7.66. The molecule has 7 nitrogen and oxygen atoms in total. The summed E-state index contributed by atoms with van der Waals surface area (Å²) in [6, 6.07) is 0.193. The van der Waals surface area contributed by atoms with Crippen LogP contribution in [-0.2, 0) is 9.53 Å². The largest absolute Gasteiger partial charge is 0.481 e. The van der Waals surface area contributed by atoms with E-state index in [2.05, 4.69) is 10.2 Å². The van der Waals surface area contributed by atoms with Gasteiger partial charge in [-0.25, -0.2) is 4.79 Å². The van der Waals surface area contributed by atoms with Crippen LogP contribution < -0.4 is 5.32 Å². The van der Waals surface area contributed by atoms with Crippen molar-refractivity contribution in [1.29, 1.82) is 0 Å². The fourth-order valence-corrected chi connectivity index (χ4v) is 2.82. The zero-order valence-electron chi connectivity index (χ0n) is 12.6. The predicted molar refractivity (Wildman–Crippen MR) is 77.2 cm³/mol. The molecular formula is C14H25N3O4. The van der Waals surface area contributed by atoms with E-state index in [1.54, 1.807) is 0 Å². The number of piperazine rings is 1. The lowest BCUT2D eigenvalue weighted by molar-refractivity contribution is -0.137. The minimum atomic E-state index is -0.774. The molecular weight excluding hydrogens is 274 g/mol. The molecule has 0 aromatic rings. The Hall–Kier alpha value is -1.34. The summed E-state index contributed by atoms with van der Waals surface area (Å²) in [4.78, 5) is 26.7. The van der Waals surface area contributed by atoms with Crippen molar-refractivity contribution in [2.24, 2.45) is 0 Å². The van der Waals surface area contributed by atoms with Crippen molar-refractivity contribution in [3.63, 3.8) is 0 Å². The van der Waals surface area contributed by atoms with Crippen molar-refractivity contribution in [3.8, 4) is 0 Å². The third-order valence-electron chi connectivity index (χ3n) is 4.11. The van der Waals surface area contributed by atoms with Crippen LogP contribution >= 0.6 is 0 Å². The van der Waals surface area contributed by atoms with Gasteiger partial charge in [0.2, 0.25) is 0 Å². The molecule has 21 heavy (non-hydrogen) atoms. The number of carbonyl (C=O) groups is 2. The third-order valence-corrected chi connectivity index (χ3v) is 4.11. The Balaban J connectivity index is 1.69. The van der Waals surface area contributed by atoms with Crippen molar-refractivity contribution in [2.45, 2.75) is 38.3 Å². The number of carboxylic acid groups (broad SMARTS) is 1. The van der Waals surface area contributed by atoms with Gasteiger partial charge in [0.25, 0.3) is 0 Å². The van der Waals surface area contributed by atoms with Crippen LogP contribution in [0.15, 0.2) is 0 Å². The summed E-state index contributed by atoms with van der Waals surface area (Å²) in [7, 11) is 0. The van der Waals surface area contributed by atoms with Crippen LogP contribution in [0.3, 0.4) is 0 Å². The average Bonchev–Trinajstić information content (AvgIpc) is 2.45. The van der Waals surface area contributed by atoms with Crippen LogP contribution in [0, 0.1) is 0 Å². The summed E-state index contributed by atoms with van der Waals surface area (Å²) in [6.45, 7) is 6.08. The van der Waals surface area contributed by atoms with Crippen molar-refractivity contribution in [3.05, 3.63) is 0 Å². The number of aliphatic carboxylic acids is 1. The number of rotatable bonds is 4. The van der Waals surface area contributed by atoms with E-state index in [0.717, 1.165) is 25.9 Å². The number of hydrogen-bond donors (Lipinski definition) is 2. The van der Waals surface area contributed by atoms with Gasteiger partial charge in [0.1, 0.15) is 0 Å². The number of carboxylic acids is 1. The second-order valence-corrected chi connectivity index (χ2v) is 5.82. The van der Waals surface area contributed by atoms with Crippen LogP contribution in [-0.4, -0.2) is 78.4 Å². The molecule has 0 aromatic carbocycles. The van der Waals surface area contributed by atoms with Gasteiger partial charge in [0, 0.05) is 45.4 Å². The van der Waals surface area contributed by atoms with E-state index in [4.69, 9.17) is 9.84 Å². The van der Waals surface area contributed by atoms with Crippen molar-refractivity contribution >= 4 is 12.0 Å². The zero-order valence-corrected chi connectivity index (χ0v) is 12.6. The second kappa shape index (κ2) is 7.61. The first-order chi connectivity index (χ1) is 10.0. The highest BCUT2D eigenvalue weighted by molar-refractivity contribution is 5.74. The molecule has 0 bridgehead atoms. The average molecular weight is 299 g/mol. The molecule has 2 fully saturated rings. The van der Waals surface area contributed by atoms with Crippen LogP contribution in [0.2, 0.25) is 0 Å².